The van der Waals surface area contributed by atoms with Crippen LogP contribution >= 0.6 is 0 Å². The minimum absolute atomic E-state index is 0.0508. The molecule has 0 aromatic heterocycles. The summed E-state index contributed by atoms with van der Waals surface area (Å²) in [5, 5.41) is 0. The summed E-state index contributed by atoms with van der Waals surface area (Å²) in [6.45, 7) is -0.0805. The van der Waals surface area contributed by atoms with Crippen LogP contribution in [0.5, 0.6) is 0 Å². The first-order chi connectivity index (χ1) is 7.84. The first kappa shape index (κ1) is 14.2. The first-order valence-electron chi connectivity index (χ1n) is 4.63. The molecule has 17 heavy (non-hydrogen) atoms. The fourth-order valence-electron chi connectivity index (χ4n) is 1.11. The van der Waals surface area contributed by atoms with Gasteiger partial charge in [0.2, 0.25) is 10.0 Å². The van der Waals surface area contributed by atoms with Gasteiger partial charge in [-0.2, -0.15) is 4.31 Å². The smallest absolute Gasteiger partial charge is 0.242 e. The molecular weight excluding hydrogens is 269 g/mol. The molecule has 0 aliphatic rings. The van der Waals surface area contributed by atoms with Crippen LogP contribution in [0.1, 0.15) is 0 Å². The van der Waals surface area contributed by atoms with Crippen LogP contribution < -0.4 is 0 Å². The van der Waals surface area contributed by atoms with E-state index >= 15 is 0 Å². The first-order valence-corrected chi connectivity index (χ1v) is 7.35. The van der Waals surface area contributed by atoms with Gasteiger partial charge in [-0.15, -0.1) is 0 Å². The second kappa shape index (κ2) is 5.67. The SMILES string of the molecule is CN(CCS(=O)O)S(=O)(=O)c1ccc(F)cc1. The van der Waals surface area contributed by atoms with Crippen molar-refractivity contribution in [2.24, 2.45) is 0 Å². The standard InChI is InChI=1S/C9H12FNO4S2/c1-11(6-7-16(12)13)17(14,15)9-4-2-8(10)3-5-9/h2-5H,6-7H2,1H3,(H,12,13). The van der Waals surface area contributed by atoms with E-state index in [0.717, 1.165) is 28.6 Å². The van der Waals surface area contributed by atoms with Gasteiger partial charge in [0.15, 0.2) is 11.1 Å². The molecule has 96 valence electrons. The molecular formula is C9H12FNO4S2. The Labute approximate surface area is 102 Å². The minimum atomic E-state index is -3.73. The van der Waals surface area contributed by atoms with Gasteiger partial charge in [-0.05, 0) is 24.3 Å². The maximum Gasteiger partial charge on any atom is 0.242 e. The van der Waals surface area contributed by atoms with Gasteiger partial charge in [-0.1, -0.05) is 0 Å². The molecule has 1 atom stereocenters. The van der Waals surface area contributed by atoms with Crippen LogP contribution in [0.3, 0.4) is 0 Å². The minimum Gasteiger partial charge on any atom is -0.306 e. The van der Waals surface area contributed by atoms with Gasteiger partial charge in [0.05, 0.1) is 10.6 Å². The van der Waals surface area contributed by atoms with Gasteiger partial charge in [-0.25, -0.2) is 17.0 Å². The van der Waals surface area contributed by atoms with Gasteiger partial charge in [-0.3, -0.25) is 0 Å². The summed E-state index contributed by atoms with van der Waals surface area (Å²) in [5.74, 6) is -0.695. The molecule has 0 bridgehead atoms. The normalized spacial score (nSPS) is 13.9. The van der Waals surface area contributed by atoms with Crippen LogP contribution in [-0.4, -0.2) is 40.8 Å². The summed E-state index contributed by atoms with van der Waals surface area (Å²) in [5.41, 5.74) is 0. The topological polar surface area (TPSA) is 74.7 Å². The Hall–Kier alpha value is -0.830. The quantitative estimate of drug-likeness (QED) is 0.805. The molecule has 0 spiro atoms. The van der Waals surface area contributed by atoms with E-state index in [9.17, 15) is 17.0 Å². The maximum absolute atomic E-state index is 12.6. The van der Waals surface area contributed by atoms with Crippen molar-refractivity contribution in [1.29, 1.82) is 0 Å². The predicted octanol–water partition coefficient (Wildman–Crippen LogP) is 0.668. The summed E-state index contributed by atoms with van der Waals surface area (Å²) >= 11 is -2.05. The molecule has 0 radical (unpaired) electrons. The average molecular weight is 281 g/mol. The summed E-state index contributed by atoms with van der Waals surface area (Å²) in [7, 11) is -2.43. The molecule has 0 heterocycles. The van der Waals surface area contributed by atoms with Gasteiger partial charge in [0.1, 0.15) is 5.82 Å². The monoisotopic (exact) mass is 281 g/mol. The van der Waals surface area contributed by atoms with Crippen molar-refractivity contribution < 1.29 is 21.6 Å². The number of hydrogen-bond acceptors (Lipinski definition) is 3. The van der Waals surface area contributed by atoms with Gasteiger partial charge >= 0.3 is 0 Å². The molecule has 0 amide bonds. The molecule has 1 N–H and O–H groups in total. The Morgan fingerprint density at radius 1 is 1.35 bits per heavy atom. The molecule has 5 nitrogen and oxygen atoms in total. The molecule has 0 aliphatic carbocycles. The number of hydrogen-bond donors (Lipinski definition) is 1. The highest BCUT2D eigenvalue weighted by atomic mass is 32.2. The van der Waals surface area contributed by atoms with E-state index in [-0.39, 0.29) is 17.2 Å². The maximum atomic E-state index is 12.6. The Morgan fingerprint density at radius 3 is 2.35 bits per heavy atom. The molecule has 1 aromatic rings. The van der Waals surface area contributed by atoms with Crippen molar-refractivity contribution in [3.05, 3.63) is 30.1 Å². The van der Waals surface area contributed by atoms with Crippen molar-refractivity contribution in [3.63, 3.8) is 0 Å². The zero-order valence-electron chi connectivity index (χ0n) is 9.04. The third-order valence-electron chi connectivity index (χ3n) is 2.10. The molecule has 0 saturated carbocycles. The van der Waals surface area contributed by atoms with Crippen LogP contribution in [-0.2, 0) is 21.1 Å². The predicted molar refractivity (Wildman–Crippen MR) is 61.9 cm³/mol. The van der Waals surface area contributed by atoms with E-state index in [1.807, 2.05) is 0 Å². The zero-order chi connectivity index (χ0) is 13.1. The molecule has 0 saturated heterocycles. The lowest BCUT2D eigenvalue weighted by Crippen LogP contribution is -2.30. The van der Waals surface area contributed by atoms with E-state index in [0.29, 0.717) is 0 Å². The average Bonchev–Trinajstić information content (AvgIpc) is 2.26. The largest absolute Gasteiger partial charge is 0.306 e. The number of benzene rings is 1. The number of rotatable bonds is 5. The highest BCUT2D eigenvalue weighted by Crippen LogP contribution is 2.14. The number of halogens is 1. The second-order valence-electron chi connectivity index (χ2n) is 3.31. The van der Waals surface area contributed by atoms with Crippen molar-refractivity contribution in [1.82, 2.24) is 4.31 Å². The third kappa shape index (κ3) is 3.84. The summed E-state index contributed by atoms with van der Waals surface area (Å²) in [4.78, 5) is -0.0508. The lowest BCUT2D eigenvalue weighted by atomic mass is 10.4. The Kier molecular flexibility index (Phi) is 4.75. The highest BCUT2D eigenvalue weighted by Gasteiger charge is 2.20. The van der Waals surface area contributed by atoms with Crippen LogP contribution in [0, 0.1) is 5.82 Å². The molecule has 1 aromatic carbocycles. The third-order valence-corrected chi connectivity index (χ3v) is 4.51. The van der Waals surface area contributed by atoms with Gasteiger partial charge in [0, 0.05) is 13.6 Å². The lowest BCUT2D eigenvalue weighted by molar-refractivity contribution is 0.481. The van der Waals surface area contributed by atoms with E-state index in [4.69, 9.17) is 4.55 Å². The molecule has 0 fully saturated rings. The number of sulfonamides is 1. The summed E-state index contributed by atoms with van der Waals surface area (Å²) < 4.78 is 56.4. The van der Waals surface area contributed by atoms with Crippen LogP contribution in [0.2, 0.25) is 0 Å². The highest BCUT2D eigenvalue weighted by molar-refractivity contribution is 7.89. The van der Waals surface area contributed by atoms with Crippen LogP contribution in [0.25, 0.3) is 0 Å². The Balaban J connectivity index is 2.87. The van der Waals surface area contributed by atoms with E-state index < -0.39 is 26.9 Å². The van der Waals surface area contributed by atoms with E-state index in [2.05, 4.69) is 0 Å². The van der Waals surface area contributed by atoms with Crippen molar-refractivity contribution >= 4 is 21.1 Å². The van der Waals surface area contributed by atoms with Gasteiger partial charge in [0.25, 0.3) is 0 Å². The molecule has 1 unspecified atom stereocenters. The Morgan fingerprint density at radius 2 is 1.88 bits per heavy atom. The van der Waals surface area contributed by atoms with Gasteiger partial charge < -0.3 is 4.55 Å². The Bertz CT molecular complexity index is 500. The van der Waals surface area contributed by atoms with Crippen LogP contribution in [0.4, 0.5) is 4.39 Å². The molecule has 8 heteroatoms. The molecule has 0 aliphatic heterocycles. The second-order valence-corrected chi connectivity index (χ2v) is 6.40. The lowest BCUT2D eigenvalue weighted by Gasteiger charge is -2.16. The summed E-state index contributed by atoms with van der Waals surface area (Å²) in [6.07, 6.45) is 0. The fourth-order valence-corrected chi connectivity index (χ4v) is 2.83. The van der Waals surface area contributed by atoms with Crippen molar-refractivity contribution in [3.8, 4) is 0 Å². The van der Waals surface area contributed by atoms with E-state index in [1.165, 1.54) is 7.05 Å². The van der Waals surface area contributed by atoms with Crippen molar-refractivity contribution in [2.45, 2.75) is 4.90 Å². The number of nitrogens with zero attached hydrogens (tertiary/aromatic N) is 1. The van der Waals surface area contributed by atoms with E-state index in [1.54, 1.807) is 0 Å². The molecule has 1 rings (SSSR count). The fraction of sp³-hybridized carbons (Fsp3) is 0.333. The zero-order valence-corrected chi connectivity index (χ0v) is 10.7. The van der Waals surface area contributed by atoms with Crippen LogP contribution in [0.15, 0.2) is 29.2 Å². The summed E-state index contributed by atoms with van der Waals surface area (Å²) in [6, 6.07) is 4.39. The van der Waals surface area contributed by atoms with Crippen molar-refractivity contribution in [2.75, 3.05) is 19.3 Å².